The van der Waals surface area contributed by atoms with E-state index in [1.165, 1.54) is 0 Å². The van der Waals surface area contributed by atoms with Crippen LogP contribution in [0.1, 0.15) is 11.4 Å². The van der Waals surface area contributed by atoms with Gasteiger partial charge < -0.3 is 9.72 Å². The lowest BCUT2D eigenvalue weighted by molar-refractivity contribution is 0.295. The first-order chi connectivity index (χ1) is 10.5. The number of H-pyrrole nitrogens is 1. The molecule has 1 N–H and O–H groups in total. The van der Waals surface area contributed by atoms with E-state index in [0.717, 1.165) is 21.8 Å². The van der Waals surface area contributed by atoms with Gasteiger partial charge in [-0.05, 0) is 30.7 Å². The Kier molecular flexibility index (Phi) is 4.13. The van der Waals surface area contributed by atoms with E-state index in [-0.39, 0.29) is 0 Å². The van der Waals surface area contributed by atoms with Crippen molar-refractivity contribution in [1.29, 1.82) is 0 Å². The van der Waals surface area contributed by atoms with Crippen LogP contribution in [-0.2, 0) is 17.4 Å². The number of nitrogens with one attached hydrogen (secondary N) is 1. The summed E-state index contributed by atoms with van der Waals surface area (Å²) in [6, 6.07) is 9.15. The second-order valence-electron chi connectivity index (χ2n) is 4.86. The number of aromatic nitrogens is 3. The first-order valence-corrected chi connectivity index (χ1v) is 8.54. The van der Waals surface area contributed by atoms with Crippen molar-refractivity contribution < 1.29 is 8.95 Å². The molecule has 0 radical (unpaired) electrons. The van der Waals surface area contributed by atoms with Gasteiger partial charge in [-0.3, -0.25) is 4.21 Å². The van der Waals surface area contributed by atoms with E-state index in [4.69, 9.17) is 16.3 Å². The van der Waals surface area contributed by atoms with E-state index in [1.54, 1.807) is 12.3 Å². The van der Waals surface area contributed by atoms with Crippen LogP contribution in [0.25, 0.3) is 11.2 Å². The molecule has 1 aromatic carbocycles. The summed E-state index contributed by atoms with van der Waals surface area (Å²) in [6.45, 7) is 2.19. The first kappa shape index (κ1) is 15.0. The number of rotatable bonds is 4. The summed E-state index contributed by atoms with van der Waals surface area (Å²) in [7, 11) is -0.980. The normalized spacial score (nSPS) is 12.5. The minimum absolute atomic E-state index is 0.332. The molecule has 0 fully saturated rings. The fraction of sp³-hybridized carbons (Fsp3) is 0.200. The summed E-state index contributed by atoms with van der Waals surface area (Å²) < 4.78 is 17.0. The third-order valence-corrected chi connectivity index (χ3v) is 4.35. The summed E-state index contributed by atoms with van der Waals surface area (Å²) in [5.74, 6) is 1.13. The third kappa shape index (κ3) is 3.13. The average Bonchev–Trinajstić information content (AvgIpc) is 2.84. The second-order valence-corrected chi connectivity index (χ2v) is 6.64. The Labute approximate surface area is 135 Å². The van der Waals surface area contributed by atoms with Crippen LogP contribution in [0.3, 0.4) is 0 Å². The van der Waals surface area contributed by atoms with Crippen molar-refractivity contribution in [1.82, 2.24) is 15.0 Å². The molecule has 0 aliphatic carbocycles. The number of benzene rings is 1. The summed E-state index contributed by atoms with van der Waals surface area (Å²) in [6.07, 6.45) is 1.65. The van der Waals surface area contributed by atoms with Crippen molar-refractivity contribution in [2.45, 2.75) is 18.4 Å². The lowest BCUT2D eigenvalue weighted by Crippen LogP contribution is -1.99. The van der Waals surface area contributed by atoms with Gasteiger partial charge in [-0.15, -0.1) is 0 Å². The van der Waals surface area contributed by atoms with Gasteiger partial charge in [-0.2, -0.15) is 4.98 Å². The Hall–Kier alpha value is -1.92. The molecule has 114 valence electrons. The number of imidazole rings is 1. The number of pyridine rings is 1. The Bertz CT molecular complexity index is 846. The minimum atomic E-state index is -0.980. The lowest BCUT2D eigenvalue weighted by Gasteiger charge is -2.07. The predicted octanol–water partition coefficient (Wildman–Crippen LogP) is 3.24. The number of hydrogen-bond acceptors (Lipinski definition) is 4. The van der Waals surface area contributed by atoms with E-state index in [9.17, 15) is 4.21 Å². The highest BCUT2D eigenvalue weighted by molar-refractivity contribution is 7.84. The smallest absolute Gasteiger partial charge is 0.235 e. The maximum atomic E-state index is 11.3. The Morgan fingerprint density at radius 1 is 1.27 bits per heavy atom. The summed E-state index contributed by atoms with van der Waals surface area (Å²) in [5.41, 5.74) is 2.31. The highest BCUT2D eigenvalue weighted by atomic mass is 35.5. The molecule has 2 aromatic heterocycles. The predicted molar refractivity (Wildman–Crippen MR) is 86.7 cm³/mol. The Balaban J connectivity index is 1.78. The molecular formula is C15H14ClN3O2S. The van der Waals surface area contributed by atoms with Crippen molar-refractivity contribution >= 4 is 33.6 Å². The van der Waals surface area contributed by atoms with E-state index in [0.29, 0.717) is 23.2 Å². The maximum Gasteiger partial charge on any atom is 0.235 e. The van der Waals surface area contributed by atoms with E-state index in [1.807, 2.05) is 31.2 Å². The van der Waals surface area contributed by atoms with Crippen LogP contribution < -0.4 is 4.74 Å². The molecule has 0 saturated heterocycles. The summed E-state index contributed by atoms with van der Waals surface area (Å²) >= 11 is 6.17. The molecule has 3 aromatic rings. The topological polar surface area (TPSA) is 67.9 Å². The molecule has 2 heterocycles. The summed E-state index contributed by atoms with van der Waals surface area (Å²) in [5, 5.41) is 0.433. The Morgan fingerprint density at radius 2 is 2.00 bits per heavy atom. The van der Waals surface area contributed by atoms with Crippen LogP contribution >= 0.6 is 11.6 Å². The lowest BCUT2D eigenvalue weighted by atomic mass is 10.2. The zero-order chi connectivity index (χ0) is 15.7. The molecule has 1 unspecified atom stereocenters. The molecule has 3 rings (SSSR count). The van der Waals surface area contributed by atoms with E-state index < -0.39 is 10.8 Å². The van der Waals surface area contributed by atoms with Gasteiger partial charge in [-0.1, -0.05) is 23.7 Å². The zero-order valence-electron chi connectivity index (χ0n) is 12.1. The van der Waals surface area contributed by atoms with Crippen molar-refractivity contribution in [2.75, 3.05) is 6.26 Å². The van der Waals surface area contributed by atoms with Gasteiger partial charge in [0, 0.05) is 22.0 Å². The molecular weight excluding hydrogens is 322 g/mol. The monoisotopic (exact) mass is 335 g/mol. The quantitative estimate of drug-likeness (QED) is 0.794. The van der Waals surface area contributed by atoms with Crippen LogP contribution in [0, 0.1) is 6.92 Å². The highest BCUT2D eigenvalue weighted by Gasteiger charge is 2.09. The van der Waals surface area contributed by atoms with Gasteiger partial charge in [0.15, 0.2) is 5.65 Å². The molecule has 0 aliphatic heterocycles. The molecule has 7 heteroatoms. The number of fused-ring (bicyclic) bond motifs is 1. The molecule has 0 bridgehead atoms. The van der Waals surface area contributed by atoms with Gasteiger partial charge >= 0.3 is 0 Å². The number of hydrogen-bond donors (Lipinski definition) is 1. The van der Waals surface area contributed by atoms with Gasteiger partial charge in [0.2, 0.25) is 5.88 Å². The van der Waals surface area contributed by atoms with Gasteiger partial charge in [-0.25, -0.2) is 4.98 Å². The molecule has 5 nitrogen and oxygen atoms in total. The van der Waals surface area contributed by atoms with Crippen LogP contribution in [0.5, 0.6) is 5.88 Å². The van der Waals surface area contributed by atoms with Gasteiger partial charge in [0.25, 0.3) is 0 Å². The number of nitrogens with zero attached hydrogens (tertiary/aromatic N) is 2. The Morgan fingerprint density at radius 3 is 2.68 bits per heavy atom. The largest absolute Gasteiger partial charge is 0.472 e. The molecule has 1 atom stereocenters. The van der Waals surface area contributed by atoms with E-state index in [2.05, 4.69) is 15.0 Å². The number of ether oxygens (including phenoxy) is 1. The third-order valence-electron chi connectivity index (χ3n) is 3.14. The molecule has 0 aliphatic rings. The number of aromatic amines is 1. The van der Waals surface area contributed by atoms with E-state index >= 15 is 0 Å². The van der Waals surface area contributed by atoms with Gasteiger partial charge in [0.1, 0.15) is 17.5 Å². The highest BCUT2D eigenvalue weighted by Crippen LogP contribution is 2.26. The second kappa shape index (κ2) is 6.06. The fourth-order valence-corrected chi connectivity index (χ4v) is 2.78. The standard InChI is InChI=1S/C15H14ClN3O2S/c1-9-17-13-7-12(16)15(19-14(13)18-9)21-8-10-3-5-11(6-4-10)22(2)20/h3-7H,8H2,1-2H3,(H,17,18,19). The maximum absolute atomic E-state index is 11.3. The van der Waals surface area contributed by atoms with Crippen LogP contribution in [0.15, 0.2) is 35.2 Å². The van der Waals surface area contributed by atoms with Crippen molar-refractivity contribution in [2.24, 2.45) is 0 Å². The molecule has 0 spiro atoms. The van der Waals surface area contributed by atoms with Crippen molar-refractivity contribution in [3.05, 3.63) is 46.7 Å². The zero-order valence-corrected chi connectivity index (χ0v) is 13.7. The van der Waals surface area contributed by atoms with Crippen LogP contribution in [0.4, 0.5) is 0 Å². The van der Waals surface area contributed by atoms with Crippen LogP contribution in [0.2, 0.25) is 5.02 Å². The fourth-order valence-electron chi connectivity index (χ4n) is 2.05. The van der Waals surface area contributed by atoms with Crippen molar-refractivity contribution in [3.63, 3.8) is 0 Å². The SMILES string of the molecule is Cc1nc2nc(OCc3ccc(S(C)=O)cc3)c(Cl)cc2[nH]1. The average molecular weight is 336 g/mol. The number of aryl methyl sites for hydroxylation is 1. The number of halogens is 1. The van der Waals surface area contributed by atoms with Gasteiger partial charge in [0.05, 0.1) is 5.52 Å². The first-order valence-electron chi connectivity index (χ1n) is 6.61. The summed E-state index contributed by atoms with van der Waals surface area (Å²) in [4.78, 5) is 12.4. The molecule has 22 heavy (non-hydrogen) atoms. The minimum Gasteiger partial charge on any atom is -0.472 e. The van der Waals surface area contributed by atoms with Crippen molar-refractivity contribution in [3.8, 4) is 5.88 Å². The molecule has 0 saturated carbocycles. The van der Waals surface area contributed by atoms with Crippen LogP contribution in [-0.4, -0.2) is 25.4 Å². The molecule has 0 amide bonds.